The van der Waals surface area contributed by atoms with Crippen LogP contribution in [0.1, 0.15) is 30.6 Å². The van der Waals surface area contributed by atoms with E-state index < -0.39 is 39.1 Å². The highest BCUT2D eigenvalue weighted by molar-refractivity contribution is 5.95. The van der Waals surface area contributed by atoms with Crippen molar-refractivity contribution in [1.29, 1.82) is 0 Å². The minimum atomic E-state index is -1.12. The average Bonchev–Trinajstić information content (AvgIpc) is 2.26. The highest BCUT2D eigenvalue weighted by Crippen LogP contribution is 2.12. The maximum absolute atomic E-state index is 11.9. The third-order valence-corrected chi connectivity index (χ3v) is 2.39. The Morgan fingerprint density at radius 2 is 2.10 bits per heavy atom. The van der Waals surface area contributed by atoms with E-state index >= 15 is 0 Å². The largest absolute Gasteiger partial charge is 0.481 e. The van der Waals surface area contributed by atoms with Crippen LogP contribution in [0.15, 0.2) is 17.1 Å². The van der Waals surface area contributed by atoms with Crippen molar-refractivity contribution < 1.29 is 19.6 Å². The van der Waals surface area contributed by atoms with Gasteiger partial charge in [0.2, 0.25) is 0 Å². The van der Waals surface area contributed by atoms with Gasteiger partial charge in [-0.2, -0.15) is 0 Å². The second kappa shape index (κ2) is 5.51. The van der Waals surface area contributed by atoms with E-state index in [4.69, 9.17) is 5.11 Å². The number of pyridine rings is 1. The first-order valence-corrected chi connectivity index (χ1v) is 5.54. The van der Waals surface area contributed by atoms with E-state index in [-0.39, 0.29) is 6.42 Å². The van der Waals surface area contributed by atoms with Crippen LogP contribution in [0.4, 0.5) is 5.69 Å². The van der Waals surface area contributed by atoms with E-state index in [9.17, 15) is 24.5 Å². The number of nitrogens with zero attached hydrogens (tertiary/aromatic N) is 1. The molecule has 1 aromatic heterocycles. The Balaban J connectivity index is 3.03. The van der Waals surface area contributed by atoms with Gasteiger partial charge in [-0.25, -0.2) is 0 Å². The predicted octanol–water partition coefficient (Wildman–Crippen LogP) is 0.266. The van der Waals surface area contributed by atoms with E-state index in [1.165, 1.54) is 13.8 Å². The summed E-state index contributed by atoms with van der Waals surface area (Å²) in [5, 5.41) is 21.6. The maximum atomic E-state index is 11.9. The van der Waals surface area contributed by atoms with Crippen molar-refractivity contribution in [3.05, 3.63) is 38.3 Å². The molecule has 0 saturated heterocycles. The van der Waals surface area contributed by atoms with Crippen molar-refractivity contribution in [1.82, 2.24) is 10.3 Å². The Bertz CT molecular complexity index is 619. The molecule has 0 saturated carbocycles. The molecule has 1 amide bonds. The van der Waals surface area contributed by atoms with Crippen LogP contribution < -0.4 is 10.9 Å². The lowest BCUT2D eigenvalue weighted by molar-refractivity contribution is -0.385. The Morgan fingerprint density at radius 3 is 2.60 bits per heavy atom. The summed E-state index contributed by atoms with van der Waals surface area (Å²) in [5.74, 6) is -2.00. The zero-order chi connectivity index (χ0) is 15.5. The summed E-state index contributed by atoms with van der Waals surface area (Å²) in [7, 11) is 0. The number of hydrogen-bond donors (Lipinski definition) is 3. The topological polar surface area (TPSA) is 142 Å². The molecule has 3 N–H and O–H groups in total. The minimum Gasteiger partial charge on any atom is -0.481 e. The van der Waals surface area contributed by atoms with Crippen molar-refractivity contribution in [3.63, 3.8) is 0 Å². The van der Waals surface area contributed by atoms with Gasteiger partial charge in [0.05, 0.1) is 17.5 Å². The fourth-order valence-electron chi connectivity index (χ4n) is 1.54. The number of aromatic nitrogens is 1. The first-order chi connectivity index (χ1) is 9.12. The van der Waals surface area contributed by atoms with Crippen molar-refractivity contribution in [2.45, 2.75) is 25.8 Å². The van der Waals surface area contributed by atoms with Gasteiger partial charge in [0.15, 0.2) is 0 Å². The van der Waals surface area contributed by atoms with E-state index in [1.807, 2.05) is 0 Å². The first-order valence-electron chi connectivity index (χ1n) is 5.54. The third-order valence-electron chi connectivity index (χ3n) is 2.39. The normalized spacial score (nSPS) is 10.9. The number of carbonyl (C=O) groups is 2. The van der Waals surface area contributed by atoms with Crippen molar-refractivity contribution in [2.75, 3.05) is 0 Å². The summed E-state index contributed by atoms with van der Waals surface area (Å²) >= 11 is 0. The molecule has 0 atom stereocenters. The molecule has 0 unspecified atom stereocenters. The predicted molar refractivity (Wildman–Crippen MR) is 67.5 cm³/mol. The van der Waals surface area contributed by atoms with E-state index in [2.05, 4.69) is 10.3 Å². The van der Waals surface area contributed by atoms with Gasteiger partial charge < -0.3 is 15.4 Å². The molecule has 0 aliphatic carbocycles. The molecule has 9 nitrogen and oxygen atoms in total. The zero-order valence-electron chi connectivity index (χ0n) is 10.8. The summed E-state index contributed by atoms with van der Waals surface area (Å²) in [6.45, 7) is 2.93. The van der Waals surface area contributed by atoms with Gasteiger partial charge in [-0.1, -0.05) is 0 Å². The number of aromatic amines is 1. The number of H-pyrrole nitrogens is 1. The lowest BCUT2D eigenvalue weighted by Crippen LogP contribution is -2.46. The molecule has 1 heterocycles. The fourth-order valence-corrected chi connectivity index (χ4v) is 1.54. The molecule has 0 aliphatic rings. The molecule has 0 spiro atoms. The number of amides is 1. The lowest BCUT2D eigenvalue weighted by Gasteiger charge is -2.23. The van der Waals surface area contributed by atoms with Gasteiger partial charge in [0.25, 0.3) is 17.2 Å². The molecule has 1 rings (SSSR count). The van der Waals surface area contributed by atoms with Gasteiger partial charge in [-0.3, -0.25) is 24.5 Å². The average molecular weight is 283 g/mol. The molecule has 0 radical (unpaired) electrons. The van der Waals surface area contributed by atoms with E-state index in [0.29, 0.717) is 0 Å². The number of nitrogens with one attached hydrogen (secondary N) is 2. The van der Waals surface area contributed by atoms with Gasteiger partial charge in [0.1, 0.15) is 5.56 Å². The Hall–Kier alpha value is -2.71. The van der Waals surface area contributed by atoms with Crippen LogP contribution in [0.3, 0.4) is 0 Å². The molecule has 0 bridgehead atoms. The van der Waals surface area contributed by atoms with Gasteiger partial charge in [-0.05, 0) is 13.8 Å². The molecule has 1 aromatic rings. The second-order valence-corrected chi connectivity index (χ2v) is 4.77. The number of aliphatic carboxylic acids is 1. The van der Waals surface area contributed by atoms with Crippen LogP contribution in [0.2, 0.25) is 0 Å². The summed E-state index contributed by atoms with van der Waals surface area (Å²) in [6, 6.07) is 0.838. The van der Waals surface area contributed by atoms with Crippen LogP contribution >= 0.6 is 0 Å². The van der Waals surface area contributed by atoms with Crippen LogP contribution in [-0.4, -0.2) is 32.4 Å². The SMILES string of the molecule is CC(C)(CC(=O)O)NC(=O)c1cc([N+](=O)[O-])c[nH]c1=O. The summed E-state index contributed by atoms with van der Waals surface area (Å²) in [4.78, 5) is 45.9. The van der Waals surface area contributed by atoms with Crippen molar-refractivity contribution >= 4 is 17.6 Å². The summed E-state index contributed by atoms with van der Waals surface area (Å²) in [6.07, 6.45) is 0.521. The van der Waals surface area contributed by atoms with Gasteiger partial charge in [-0.15, -0.1) is 0 Å². The van der Waals surface area contributed by atoms with Crippen LogP contribution in [-0.2, 0) is 4.79 Å². The quantitative estimate of drug-likeness (QED) is 0.522. The number of carboxylic acid groups (broad SMARTS) is 1. The number of hydrogen-bond acceptors (Lipinski definition) is 5. The Morgan fingerprint density at radius 1 is 1.50 bits per heavy atom. The lowest BCUT2D eigenvalue weighted by atomic mass is 10.0. The smallest absolute Gasteiger partial charge is 0.305 e. The molecular weight excluding hydrogens is 270 g/mol. The number of carboxylic acids is 1. The first kappa shape index (κ1) is 15.3. The molecule has 9 heteroatoms. The zero-order valence-corrected chi connectivity index (χ0v) is 10.8. The highest BCUT2D eigenvalue weighted by Gasteiger charge is 2.26. The second-order valence-electron chi connectivity index (χ2n) is 4.77. The monoisotopic (exact) mass is 283 g/mol. The Kier molecular flexibility index (Phi) is 4.23. The van der Waals surface area contributed by atoms with E-state index in [1.54, 1.807) is 0 Å². The maximum Gasteiger partial charge on any atom is 0.305 e. The van der Waals surface area contributed by atoms with Crippen LogP contribution in [0.25, 0.3) is 0 Å². The molecule has 0 aromatic carbocycles. The molecule has 0 aliphatic heterocycles. The molecule has 108 valence electrons. The van der Waals surface area contributed by atoms with Crippen LogP contribution in [0, 0.1) is 10.1 Å². The Labute approximate surface area is 112 Å². The third kappa shape index (κ3) is 3.90. The standard InChI is InChI=1S/C11H13N3O6/c1-11(2,4-8(15)16)13-10(18)7-3-6(14(19)20)5-12-9(7)17/h3,5H,4H2,1-2H3,(H,12,17)(H,13,18)(H,15,16). The number of carbonyl (C=O) groups excluding carboxylic acids is 1. The summed E-state index contributed by atoms with van der Waals surface area (Å²) in [5.41, 5.74) is -2.78. The van der Waals surface area contributed by atoms with Crippen LogP contribution in [0.5, 0.6) is 0 Å². The highest BCUT2D eigenvalue weighted by atomic mass is 16.6. The van der Waals surface area contributed by atoms with E-state index in [0.717, 1.165) is 12.3 Å². The minimum absolute atomic E-state index is 0.356. The molecule has 20 heavy (non-hydrogen) atoms. The van der Waals surface area contributed by atoms with Crippen molar-refractivity contribution in [3.8, 4) is 0 Å². The number of nitro groups is 1. The fraction of sp³-hybridized carbons (Fsp3) is 0.364. The number of rotatable bonds is 5. The molecule has 0 fully saturated rings. The van der Waals surface area contributed by atoms with Gasteiger partial charge >= 0.3 is 5.97 Å². The summed E-state index contributed by atoms with van der Waals surface area (Å²) < 4.78 is 0. The van der Waals surface area contributed by atoms with Crippen molar-refractivity contribution in [2.24, 2.45) is 0 Å². The molecular formula is C11H13N3O6. The van der Waals surface area contributed by atoms with Gasteiger partial charge in [0, 0.05) is 11.6 Å².